The van der Waals surface area contributed by atoms with Crippen molar-refractivity contribution in [2.45, 2.75) is 50.3 Å². The predicted molar refractivity (Wildman–Crippen MR) is 102 cm³/mol. The summed E-state index contributed by atoms with van der Waals surface area (Å²) in [6.45, 7) is 2.17. The Kier molecular flexibility index (Phi) is 5.60. The summed E-state index contributed by atoms with van der Waals surface area (Å²) in [4.78, 5) is 12.5. The number of rotatable bonds is 1. The molecule has 0 saturated heterocycles. The van der Waals surface area contributed by atoms with E-state index in [9.17, 15) is 4.79 Å². The lowest BCUT2D eigenvalue weighted by atomic mass is 9.55. The fourth-order valence-corrected chi connectivity index (χ4v) is 5.88. The molecule has 1 aromatic carbocycles. The highest BCUT2D eigenvalue weighted by atomic mass is 35.5. The van der Waals surface area contributed by atoms with E-state index in [-0.39, 0.29) is 10.8 Å². The highest BCUT2D eigenvalue weighted by Crippen LogP contribution is 2.60. The van der Waals surface area contributed by atoms with E-state index in [1.807, 2.05) is 0 Å². The van der Waals surface area contributed by atoms with E-state index >= 15 is 0 Å². The van der Waals surface area contributed by atoms with Crippen LogP contribution in [0.3, 0.4) is 0 Å². The van der Waals surface area contributed by atoms with E-state index in [2.05, 4.69) is 25.1 Å². The van der Waals surface area contributed by atoms with Gasteiger partial charge >= 0.3 is 10.4 Å². The fraction of sp³-hybridized carbons (Fsp3) is 0.632. The van der Waals surface area contributed by atoms with Crippen LogP contribution in [0.25, 0.3) is 0 Å². The summed E-state index contributed by atoms with van der Waals surface area (Å²) in [6, 6.07) is 6.53. The third-order valence-corrected chi connectivity index (χ3v) is 7.01. The Bertz CT molecular complexity index is 831. The van der Waals surface area contributed by atoms with Crippen molar-refractivity contribution in [1.29, 1.82) is 0 Å². The van der Waals surface area contributed by atoms with Crippen LogP contribution in [-0.4, -0.2) is 35.8 Å². The third-order valence-electron chi connectivity index (χ3n) is 6.63. The van der Waals surface area contributed by atoms with Crippen molar-refractivity contribution in [3.8, 4) is 5.75 Å². The molecule has 0 radical (unpaired) electrons. The summed E-state index contributed by atoms with van der Waals surface area (Å²) in [5.74, 6) is 2.94. The molecule has 0 heterocycles. The molecule has 3 aliphatic carbocycles. The molecule has 5 atom stereocenters. The molecule has 4 rings (SSSR count). The molecule has 27 heavy (non-hydrogen) atoms. The number of fused-ring (bicyclic) bond motifs is 5. The minimum atomic E-state index is -4.67. The number of Topliss-reactive ketones (excluding diaryl/α,β-unsaturated/α-hetero) is 1. The van der Waals surface area contributed by atoms with Crippen LogP contribution in [0.5, 0.6) is 5.75 Å². The molecule has 0 aromatic heterocycles. The first kappa shape index (κ1) is 20.6. The van der Waals surface area contributed by atoms with Crippen molar-refractivity contribution < 1.29 is 27.1 Å². The van der Waals surface area contributed by atoms with Gasteiger partial charge in [0.15, 0.2) is 5.78 Å². The number of benzene rings is 1. The Labute approximate surface area is 164 Å². The lowest BCUT2D eigenvalue weighted by molar-refractivity contribution is -0.129. The number of ether oxygens (including phenoxy) is 1. The first-order valence-electron chi connectivity index (χ1n) is 9.09. The van der Waals surface area contributed by atoms with Gasteiger partial charge in [-0.15, -0.1) is 11.6 Å². The zero-order valence-corrected chi connectivity index (χ0v) is 17.0. The summed E-state index contributed by atoms with van der Waals surface area (Å²) < 4.78 is 37.0. The molecule has 0 amide bonds. The maximum atomic E-state index is 12.5. The zero-order valence-electron chi connectivity index (χ0n) is 15.4. The zero-order chi connectivity index (χ0) is 20.0. The van der Waals surface area contributed by atoms with Gasteiger partial charge in [0, 0.05) is 5.41 Å². The Morgan fingerprint density at radius 1 is 1.26 bits per heavy atom. The van der Waals surface area contributed by atoms with E-state index in [0.29, 0.717) is 23.5 Å². The number of halogens is 1. The number of hydrogen-bond acceptors (Lipinski definition) is 4. The molecule has 2 saturated carbocycles. The maximum absolute atomic E-state index is 12.5. The van der Waals surface area contributed by atoms with Gasteiger partial charge in [-0.25, -0.2) is 0 Å². The topological polar surface area (TPSA) is 101 Å². The van der Waals surface area contributed by atoms with E-state index in [0.717, 1.165) is 31.4 Å². The SMILES string of the molecule is COc1ccc2c(c1)CC[C@@H]1[C@@H]2CC[C@]2(C)C(=O)[C@H](Cl)C[C@@H]12.O=S(=O)(O)O. The van der Waals surface area contributed by atoms with Crippen molar-refractivity contribution in [2.75, 3.05) is 7.11 Å². The van der Waals surface area contributed by atoms with Crippen LogP contribution in [0.1, 0.15) is 49.7 Å². The van der Waals surface area contributed by atoms with E-state index < -0.39 is 10.4 Å². The van der Waals surface area contributed by atoms with E-state index in [4.69, 9.17) is 33.9 Å². The molecular formula is C19H25ClO6S. The van der Waals surface area contributed by atoms with Crippen LogP contribution >= 0.6 is 11.6 Å². The second-order valence-corrected chi connectivity index (χ2v) is 9.37. The predicted octanol–water partition coefficient (Wildman–Crippen LogP) is 3.68. The summed E-state index contributed by atoms with van der Waals surface area (Å²) in [5, 5.41) is -0.258. The van der Waals surface area contributed by atoms with Gasteiger partial charge in [-0.2, -0.15) is 8.42 Å². The molecule has 2 fully saturated rings. The summed E-state index contributed by atoms with van der Waals surface area (Å²) in [7, 11) is -2.94. The van der Waals surface area contributed by atoms with Gasteiger partial charge in [0.25, 0.3) is 0 Å². The average molecular weight is 417 g/mol. The van der Waals surface area contributed by atoms with Crippen LogP contribution in [0.4, 0.5) is 0 Å². The van der Waals surface area contributed by atoms with Crippen LogP contribution in [0.2, 0.25) is 0 Å². The molecular weight excluding hydrogens is 392 g/mol. The maximum Gasteiger partial charge on any atom is 0.394 e. The first-order chi connectivity index (χ1) is 12.5. The molecule has 150 valence electrons. The average Bonchev–Trinajstić information content (AvgIpc) is 2.83. The molecule has 1 aromatic rings. The van der Waals surface area contributed by atoms with Crippen molar-refractivity contribution in [3.05, 3.63) is 29.3 Å². The van der Waals surface area contributed by atoms with Crippen LogP contribution in [0, 0.1) is 17.3 Å². The first-order valence-corrected chi connectivity index (χ1v) is 10.9. The van der Waals surface area contributed by atoms with Crippen molar-refractivity contribution in [3.63, 3.8) is 0 Å². The lowest BCUT2D eigenvalue weighted by Crippen LogP contribution is -2.42. The quantitative estimate of drug-likeness (QED) is 0.534. The minimum Gasteiger partial charge on any atom is -0.497 e. The van der Waals surface area contributed by atoms with E-state index in [1.165, 1.54) is 17.5 Å². The number of carbonyl (C=O) groups is 1. The molecule has 2 N–H and O–H groups in total. The smallest absolute Gasteiger partial charge is 0.394 e. The normalized spacial score (nSPS) is 34.6. The largest absolute Gasteiger partial charge is 0.497 e. The summed E-state index contributed by atoms with van der Waals surface area (Å²) in [5.41, 5.74) is 2.76. The van der Waals surface area contributed by atoms with Gasteiger partial charge in [-0.05, 0) is 73.1 Å². The minimum absolute atomic E-state index is 0.169. The molecule has 0 spiro atoms. The van der Waals surface area contributed by atoms with Crippen molar-refractivity contribution in [1.82, 2.24) is 0 Å². The monoisotopic (exact) mass is 416 g/mol. The number of methoxy groups -OCH3 is 1. The molecule has 3 aliphatic rings. The van der Waals surface area contributed by atoms with Gasteiger partial charge in [0.1, 0.15) is 5.75 Å². The lowest BCUT2D eigenvalue weighted by Gasteiger charge is -2.48. The number of carbonyl (C=O) groups excluding carboxylic acids is 1. The second-order valence-electron chi connectivity index (χ2n) is 7.95. The number of hydrogen-bond donors (Lipinski definition) is 2. The molecule has 0 aliphatic heterocycles. The standard InChI is InChI=1S/C19H23ClO2.H2O4S/c1-19-8-7-14-13-6-4-12(22-2)9-11(13)3-5-15(14)16(19)10-17(20)18(19)21;1-5(2,3)4/h4,6,9,14-17H,3,5,7-8,10H2,1-2H3;(H2,1,2,3,4)/t14-,15-,16+,17-,19+;/m1./s1. The number of ketones is 1. The van der Waals surface area contributed by atoms with Crippen LogP contribution < -0.4 is 4.74 Å². The number of alkyl halides is 1. The highest BCUT2D eigenvalue weighted by Gasteiger charge is 2.57. The summed E-state index contributed by atoms with van der Waals surface area (Å²) in [6.07, 6.45) is 5.27. The van der Waals surface area contributed by atoms with E-state index in [1.54, 1.807) is 7.11 Å². The Hall–Kier alpha value is -1.15. The Balaban J connectivity index is 0.000000376. The third kappa shape index (κ3) is 4.01. The van der Waals surface area contributed by atoms with Crippen molar-refractivity contribution >= 4 is 27.8 Å². The summed E-state index contributed by atoms with van der Waals surface area (Å²) >= 11 is 6.33. The van der Waals surface area contributed by atoms with Gasteiger partial charge in [0.2, 0.25) is 0 Å². The van der Waals surface area contributed by atoms with Gasteiger partial charge in [0.05, 0.1) is 12.5 Å². The van der Waals surface area contributed by atoms with Crippen LogP contribution in [-0.2, 0) is 21.6 Å². The molecule has 0 bridgehead atoms. The van der Waals surface area contributed by atoms with Gasteiger partial charge in [-0.1, -0.05) is 13.0 Å². The van der Waals surface area contributed by atoms with Gasteiger partial charge in [-0.3, -0.25) is 13.9 Å². The Morgan fingerprint density at radius 3 is 2.56 bits per heavy atom. The Morgan fingerprint density at radius 2 is 1.93 bits per heavy atom. The molecule has 8 heteroatoms. The van der Waals surface area contributed by atoms with Gasteiger partial charge < -0.3 is 4.74 Å². The molecule has 6 nitrogen and oxygen atoms in total. The highest BCUT2D eigenvalue weighted by molar-refractivity contribution is 7.79. The number of aryl methyl sites for hydroxylation is 1. The second kappa shape index (κ2) is 7.35. The van der Waals surface area contributed by atoms with Crippen LogP contribution in [0.15, 0.2) is 18.2 Å². The molecule has 0 unspecified atom stereocenters. The fourth-order valence-electron chi connectivity index (χ4n) is 5.43. The van der Waals surface area contributed by atoms with Crippen molar-refractivity contribution in [2.24, 2.45) is 17.3 Å².